The first-order chi connectivity index (χ1) is 11.8. The van der Waals surface area contributed by atoms with Gasteiger partial charge in [-0.3, -0.25) is 24.6 Å². The number of carbonyl (C=O) groups excluding carboxylic acids is 1. The van der Waals surface area contributed by atoms with Crippen molar-refractivity contribution >= 4 is 27.3 Å². The maximum absolute atomic E-state index is 13.0. The van der Waals surface area contributed by atoms with E-state index in [4.69, 9.17) is 5.84 Å². The third-order valence-electron chi connectivity index (χ3n) is 3.40. The number of anilines is 1. The first kappa shape index (κ1) is 18.4. The number of nitrogens with two attached hydrogens (primary N) is 1. The molecule has 0 atom stereocenters. The van der Waals surface area contributed by atoms with Gasteiger partial charge in [0.25, 0.3) is 21.6 Å². The topological polar surface area (TPSA) is 136 Å². The predicted octanol–water partition coefficient (Wildman–Crippen LogP) is 1.09. The Morgan fingerprint density at radius 1 is 1.20 bits per heavy atom. The van der Waals surface area contributed by atoms with Crippen molar-refractivity contribution in [3.05, 3.63) is 64.2 Å². The third kappa shape index (κ3) is 3.92. The number of carbonyl (C=O) groups is 1. The summed E-state index contributed by atoms with van der Waals surface area (Å²) in [6.07, 6.45) is 0. The molecule has 0 unspecified atom stereocenters. The number of aryl methyl sites for hydroxylation is 1. The van der Waals surface area contributed by atoms with Gasteiger partial charge in [-0.1, -0.05) is 29.8 Å². The number of rotatable bonds is 6. The summed E-state index contributed by atoms with van der Waals surface area (Å²) in [5, 5.41) is 11.2. The van der Waals surface area contributed by atoms with E-state index in [1.807, 2.05) is 12.3 Å². The Morgan fingerprint density at radius 2 is 1.80 bits per heavy atom. The van der Waals surface area contributed by atoms with E-state index in [1.165, 1.54) is 24.3 Å². The largest absolute Gasteiger partial charge is 0.293 e. The standard InChI is InChI=1S/C15H16N4O5S/c1-11-6-8-12(9-7-11)18(10-15(20)17-16)25(23,24)14-5-3-2-4-13(14)19(21)22/h2-9H,10,16H2,1H3,(H,17,20). The van der Waals surface area contributed by atoms with Crippen LogP contribution in [0.5, 0.6) is 0 Å². The molecule has 25 heavy (non-hydrogen) atoms. The maximum Gasteiger partial charge on any atom is 0.289 e. The summed E-state index contributed by atoms with van der Waals surface area (Å²) in [4.78, 5) is 21.6. The Balaban J connectivity index is 2.61. The Hall–Kier alpha value is -2.98. The smallest absolute Gasteiger partial charge is 0.289 e. The van der Waals surface area contributed by atoms with E-state index in [9.17, 15) is 23.3 Å². The van der Waals surface area contributed by atoms with Gasteiger partial charge in [0.2, 0.25) is 0 Å². The molecular formula is C15H16N4O5S. The number of nitro groups is 1. The fourth-order valence-electron chi connectivity index (χ4n) is 2.15. The van der Waals surface area contributed by atoms with E-state index in [0.29, 0.717) is 0 Å². The highest BCUT2D eigenvalue weighted by Crippen LogP contribution is 2.29. The Labute approximate surface area is 144 Å². The van der Waals surface area contributed by atoms with E-state index < -0.39 is 38.0 Å². The number of hydrazine groups is 1. The van der Waals surface area contributed by atoms with Crippen molar-refractivity contribution in [2.24, 2.45) is 5.84 Å². The second kappa shape index (κ2) is 7.28. The van der Waals surface area contributed by atoms with Crippen LogP contribution in [0.2, 0.25) is 0 Å². The molecule has 0 fully saturated rings. The molecule has 0 radical (unpaired) electrons. The number of benzene rings is 2. The van der Waals surface area contributed by atoms with Crippen LogP contribution in [-0.2, 0) is 14.8 Å². The number of nitrogens with zero attached hydrogens (tertiary/aromatic N) is 2. The lowest BCUT2D eigenvalue weighted by atomic mass is 10.2. The zero-order valence-corrected chi connectivity index (χ0v) is 14.1. The zero-order chi connectivity index (χ0) is 18.6. The van der Waals surface area contributed by atoms with Crippen LogP contribution < -0.4 is 15.6 Å². The van der Waals surface area contributed by atoms with Crippen molar-refractivity contribution in [3.63, 3.8) is 0 Å². The molecule has 0 saturated heterocycles. The quantitative estimate of drug-likeness (QED) is 0.341. The van der Waals surface area contributed by atoms with Gasteiger partial charge in [-0.2, -0.15) is 0 Å². The minimum Gasteiger partial charge on any atom is -0.293 e. The molecule has 9 nitrogen and oxygen atoms in total. The predicted molar refractivity (Wildman–Crippen MR) is 91.1 cm³/mol. The van der Waals surface area contributed by atoms with Crippen LogP contribution in [0.15, 0.2) is 53.4 Å². The number of nitrogens with one attached hydrogen (secondary N) is 1. The summed E-state index contributed by atoms with van der Waals surface area (Å²) in [7, 11) is -4.37. The molecule has 2 aromatic rings. The molecule has 132 valence electrons. The summed E-state index contributed by atoms with van der Waals surface area (Å²) in [5.74, 6) is 4.29. The summed E-state index contributed by atoms with van der Waals surface area (Å²) >= 11 is 0. The van der Waals surface area contributed by atoms with E-state index in [2.05, 4.69) is 0 Å². The van der Waals surface area contributed by atoms with Crippen molar-refractivity contribution in [1.29, 1.82) is 0 Å². The third-order valence-corrected chi connectivity index (χ3v) is 5.22. The van der Waals surface area contributed by atoms with E-state index in [-0.39, 0.29) is 5.69 Å². The molecule has 0 bridgehead atoms. The van der Waals surface area contributed by atoms with Crippen LogP contribution in [-0.4, -0.2) is 25.8 Å². The van der Waals surface area contributed by atoms with Crippen molar-refractivity contribution in [2.75, 3.05) is 10.8 Å². The average molecular weight is 364 g/mol. The van der Waals surface area contributed by atoms with Gasteiger partial charge in [-0.25, -0.2) is 14.3 Å². The van der Waals surface area contributed by atoms with Crippen LogP contribution in [0.1, 0.15) is 5.56 Å². The molecule has 0 spiro atoms. The molecule has 2 rings (SSSR count). The molecule has 3 N–H and O–H groups in total. The number of amides is 1. The number of hydrogen-bond acceptors (Lipinski definition) is 6. The molecule has 0 aliphatic rings. The van der Waals surface area contributed by atoms with Gasteiger partial charge in [-0.15, -0.1) is 0 Å². The Kier molecular flexibility index (Phi) is 5.35. The first-order valence-corrected chi connectivity index (χ1v) is 8.53. The van der Waals surface area contributed by atoms with Gasteiger partial charge in [0.15, 0.2) is 4.90 Å². The maximum atomic E-state index is 13.0. The molecular weight excluding hydrogens is 348 g/mol. The molecule has 2 aromatic carbocycles. The van der Waals surface area contributed by atoms with Crippen molar-refractivity contribution in [3.8, 4) is 0 Å². The monoisotopic (exact) mass is 364 g/mol. The van der Waals surface area contributed by atoms with Gasteiger partial charge in [0, 0.05) is 6.07 Å². The summed E-state index contributed by atoms with van der Waals surface area (Å²) < 4.78 is 26.8. The van der Waals surface area contributed by atoms with Crippen LogP contribution in [0.4, 0.5) is 11.4 Å². The van der Waals surface area contributed by atoms with Gasteiger partial charge < -0.3 is 0 Å². The molecule has 0 aliphatic carbocycles. The number of sulfonamides is 1. The lowest BCUT2D eigenvalue weighted by Crippen LogP contribution is -2.43. The van der Waals surface area contributed by atoms with Crippen molar-refractivity contribution in [2.45, 2.75) is 11.8 Å². The van der Waals surface area contributed by atoms with Gasteiger partial charge in [0.1, 0.15) is 6.54 Å². The minimum absolute atomic E-state index is 0.187. The SMILES string of the molecule is Cc1ccc(N(CC(=O)NN)S(=O)(=O)c2ccccc2[N+](=O)[O-])cc1. The Bertz CT molecular complexity index is 896. The van der Waals surface area contributed by atoms with Crippen LogP contribution in [0.3, 0.4) is 0 Å². The first-order valence-electron chi connectivity index (χ1n) is 7.09. The second-order valence-corrected chi connectivity index (χ2v) is 6.97. The highest BCUT2D eigenvalue weighted by Gasteiger charge is 2.32. The zero-order valence-electron chi connectivity index (χ0n) is 13.2. The Morgan fingerprint density at radius 3 is 2.36 bits per heavy atom. The average Bonchev–Trinajstić information content (AvgIpc) is 2.60. The van der Waals surface area contributed by atoms with Gasteiger partial charge in [0.05, 0.1) is 10.6 Å². The normalized spacial score (nSPS) is 11.0. The fraction of sp³-hybridized carbons (Fsp3) is 0.133. The molecule has 0 heterocycles. The second-order valence-electron chi connectivity index (χ2n) is 5.14. The van der Waals surface area contributed by atoms with E-state index in [1.54, 1.807) is 12.1 Å². The highest BCUT2D eigenvalue weighted by molar-refractivity contribution is 7.93. The molecule has 10 heteroatoms. The van der Waals surface area contributed by atoms with Crippen LogP contribution >= 0.6 is 0 Å². The van der Waals surface area contributed by atoms with Crippen molar-refractivity contribution < 1.29 is 18.1 Å². The molecule has 0 aliphatic heterocycles. The minimum atomic E-state index is -4.37. The molecule has 0 saturated carbocycles. The summed E-state index contributed by atoms with van der Waals surface area (Å²) in [6.45, 7) is 1.20. The summed E-state index contributed by atoms with van der Waals surface area (Å²) in [5.41, 5.74) is 2.35. The summed E-state index contributed by atoms with van der Waals surface area (Å²) in [6, 6.07) is 11.3. The van der Waals surface area contributed by atoms with Gasteiger partial charge in [-0.05, 0) is 25.1 Å². The van der Waals surface area contributed by atoms with Crippen molar-refractivity contribution in [1.82, 2.24) is 5.43 Å². The number of para-hydroxylation sites is 1. The van der Waals surface area contributed by atoms with E-state index >= 15 is 0 Å². The lowest BCUT2D eigenvalue weighted by molar-refractivity contribution is -0.387. The van der Waals surface area contributed by atoms with Crippen LogP contribution in [0.25, 0.3) is 0 Å². The molecule has 1 amide bonds. The fourth-order valence-corrected chi connectivity index (χ4v) is 3.73. The van der Waals surface area contributed by atoms with Crippen LogP contribution in [0, 0.1) is 17.0 Å². The highest BCUT2D eigenvalue weighted by atomic mass is 32.2. The lowest BCUT2D eigenvalue weighted by Gasteiger charge is -2.23. The van der Waals surface area contributed by atoms with E-state index in [0.717, 1.165) is 22.0 Å². The van der Waals surface area contributed by atoms with Gasteiger partial charge >= 0.3 is 0 Å². The molecule has 0 aromatic heterocycles. The number of nitro benzene ring substituents is 1. The number of hydrogen-bond donors (Lipinski definition) is 2.